The number of fused-ring (bicyclic) bond motifs is 3. The van der Waals surface area contributed by atoms with Crippen molar-refractivity contribution in [1.29, 1.82) is 0 Å². The van der Waals surface area contributed by atoms with E-state index in [1.54, 1.807) is 34.0 Å². The van der Waals surface area contributed by atoms with Gasteiger partial charge < -0.3 is 18.9 Å². The molecule has 0 radical (unpaired) electrons. The molecule has 3 heterocycles. The number of imidazole rings is 1. The Hall–Kier alpha value is -3.74. The highest BCUT2D eigenvalue weighted by Gasteiger charge is 2.62. The number of sulfonamides is 1. The molecule has 284 valence electrons. The van der Waals surface area contributed by atoms with Crippen molar-refractivity contribution < 1.29 is 37.1 Å². The molecule has 2 saturated carbocycles. The maximum absolute atomic E-state index is 14.5. The summed E-state index contributed by atoms with van der Waals surface area (Å²) in [7, 11) is -3.92. The average Bonchev–Trinajstić information content (AvgIpc) is 3.85. The highest BCUT2D eigenvalue weighted by atomic mass is 32.2. The first-order valence-electron chi connectivity index (χ1n) is 18.8. The van der Waals surface area contributed by atoms with E-state index in [2.05, 4.69) is 28.1 Å². The molecule has 12 nitrogen and oxygen atoms in total. The first-order valence-corrected chi connectivity index (χ1v) is 20.3. The molecule has 13 heteroatoms. The number of ether oxygens (including phenoxy) is 2. The van der Waals surface area contributed by atoms with Crippen LogP contribution in [0.1, 0.15) is 118 Å². The molecule has 0 unspecified atom stereocenters. The van der Waals surface area contributed by atoms with Crippen LogP contribution in [0.3, 0.4) is 0 Å². The lowest BCUT2D eigenvalue weighted by Crippen LogP contribution is -2.47. The van der Waals surface area contributed by atoms with E-state index in [-0.39, 0.29) is 49.5 Å². The number of nitrogens with one attached hydrogen (secondary N) is 1. The summed E-state index contributed by atoms with van der Waals surface area (Å²) in [6.07, 6.45) is 9.98. The fraction of sp³-hybridized carbons (Fsp3) is 0.667. The van der Waals surface area contributed by atoms with Gasteiger partial charge in [0, 0.05) is 30.9 Å². The summed E-state index contributed by atoms with van der Waals surface area (Å²) in [5.74, 6) is -2.20. The third-order valence-electron chi connectivity index (χ3n) is 11.2. The number of nitrogens with zero attached hydrogens (tertiary/aromatic N) is 3. The minimum absolute atomic E-state index is 0.112. The molecular weight excluding hydrogens is 685 g/mol. The monoisotopic (exact) mass is 738 g/mol. The Morgan fingerprint density at radius 3 is 2.56 bits per heavy atom. The summed E-state index contributed by atoms with van der Waals surface area (Å²) in [6, 6.07) is 4.96. The van der Waals surface area contributed by atoms with E-state index in [0.29, 0.717) is 31.4 Å². The van der Waals surface area contributed by atoms with E-state index in [1.807, 2.05) is 30.4 Å². The molecule has 3 fully saturated rings. The number of hydrogen-bond acceptors (Lipinski definition) is 9. The van der Waals surface area contributed by atoms with Gasteiger partial charge in [0.25, 0.3) is 0 Å². The van der Waals surface area contributed by atoms with Gasteiger partial charge in [0.05, 0.1) is 46.5 Å². The third-order valence-corrected chi connectivity index (χ3v) is 13.4. The van der Waals surface area contributed by atoms with Crippen LogP contribution in [0.25, 0.3) is 11.0 Å². The van der Waals surface area contributed by atoms with E-state index in [4.69, 9.17) is 9.47 Å². The molecule has 5 atom stereocenters. The second-order valence-electron chi connectivity index (χ2n) is 16.9. The Bertz CT molecular complexity index is 1860. The molecule has 1 aromatic carbocycles. The maximum atomic E-state index is 14.5. The molecule has 1 saturated heterocycles. The number of allylic oxidation sites excluding steroid dienone is 2. The largest absolute Gasteiger partial charge is 0.488 e. The van der Waals surface area contributed by atoms with Gasteiger partial charge in [0.1, 0.15) is 17.5 Å². The van der Waals surface area contributed by atoms with Crippen LogP contribution in [0.2, 0.25) is 0 Å². The fourth-order valence-corrected chi connectivity index (χ4v) is 9.03. The van der Waals surface area contributed by atoms with E-state index < -0.39 is 55.7 Å². The van der Waals surface area contributed by atoms with Gasteiger partial charge in [-0.25, -0.2) is 13.4 Å². The van der Waals surface area contributed by atoms with Crippen LogP contribution in [-0.4, -0.2) is 75.5 Å². The first-order chi connectivity index (χ1) is 24.4. The number of benzene rings is 1. The smallest absolute Gasteiger partial charge is 0.307 e. The van der Waals surface area contributed by atoms with Crippen LogP contribution in [0.5, 0.6) is 5.75 Å². The summed E-state index contributed by atoms with van der Waals surface area (Å²) in [5.41, 5.74) is -0.218. The van der Waals surface area contributed by atoms with Crippen molar-refractivity contribution in [3.63, 3.8) is 0 Å². The molecular formula is C39H54N4O8S. The number of rotatable bonds is 8. The number of ketones is 1. The van der Waals surface area contributed by atoms with E-state index in [9.17, 15) is 27.6 Å². The second kappa shape index (κ2) is 14.2. The first kappa shape index (κ1) is 38.0. The predicted molar refractivity (Wildman–Crippen MR) is 196 cm³/mol. The minimum Gasteiger partial charge on any atom is -0.488 e. The number of hydrogen-bond donors (Lipinski definition) is 1. The van der Waals surface area contributed by atoms with Gasteiger partial charge in [-0.1, -0.05) is 25.0 Å². The number of carbonyl (C=O) groups excluding carboxylic acids is 4. The number of Topliss-reactive ketones (excluding diaryl/α,β-unsaturated/α-hetero) is 1. The summed E-state index contributed by atoms with van der Waals surface area (Å²) in [5, 5.41) is 0. The van der Waals surface area contributed by atoms with Crippen molar-refractivity contribution in [2.45, 2.75) is 141 Å². The van der Waals surface area contributed by atoms with Crippen molar-refractivity contribution in [3.05, 3.63) is 36.7 Å². The van der Waals surface area contributed by atoms with Crippen molar-refractivity contribution >= 4 is 44.6 Å². The summed E-state index contributed by atoms with van der Waals surface area (Å²) in [4.78, 5) is 61.9. The normalized spacial score (nSPS) is 28.7. The lowest BCUT2D eigenvalue weighted by atomic mass is 9.90. The topological polar surface area (TPSA) is 154 Å². The zero-order valence-electron chi connectivity index (χ0n) is 31.4. The Labute approximate surface area is 307 Å². The zero-order valence-corrected chi connectivity index (χ0v) is 32.2. The van der Waals surface area contributed by atoms with Crippen molar-refractivity contribution in [1.82, 2.24) is 19.2 Å². The molecule has 1 N–H and O–H groups in total. The van der Waals surface area contributed by atoms with Crippen LogP contribution in [0.15, 0.2) is 36.7 Å². The highest BCUT2D eigenvalue weighted by molar-refractivity contribution is 7.91. The van der Waals surface area contributed by atoms with Crippen molar-refractivity contribution in [3.8, 4) is 5.75 Å². The Morgan fingerprint density at radius 2 is 1.87 bits per heavy atom. The molecule has 4 aliphatic rings. The third kappa shape index (κ3) is 8.09. The van der Waals surface area contributed by atoms with Crippen molar-refractivity contribution in [2.24, 2.45) is 17.3 Å². The molecule has 52 heavy (non-hydrogen) atoms. The molecule has 1 aromatic heterocycles. The summed E-state index contributed by atoms with van der Waals surface area (Å²) < 4.78 is 41.7. The summed E-state index contributed by atoms with van der Waals surface area (Å²) >= 11 is 0. The van der Waals surface area contributed by atoms with Crippen LogP contribution < -0.4 is 9.46 Å². The maximum Gasteiger partial charge on any atom is 0.307 e. The lowest BCUT2D eigenvalue weighted by molar-refractivity contribution is -0.159. The molecule has 0 bridgehead atoms. The molecule has 2 amide bonds. The average molecular weight is 739 g/mol. The standard InChI is InChI=1S/C39H54N4O8S/c1-25(2)43-24-40-30-19-28(14-15-31(30)43)50-29-20-32-33(44)22-39(36(47)41-52(48,49)38(6)16-17-38)21-27(39)13-11-9-7-8-10-12-26(35(46)42(32)23-29)18-34(45)51-37(3,4)5/h11,13-15,19,24-27,29,32H,7-10,12,16-18,20-23H2,1-6H3,(H,41,47)/b13-11-/t26-,27+,29-,32+,39-/m1/s1. The minimum atomic E-state index is -3.92. The Morgan fingerprint density at radius 1 is 1.12 bits per heavy atom. The van der Waals surface area contributed by atoms with Gasteiger partial charge in [-0.05, 0) is 98.1 Å². The lowest BCUT2D eigenvalue weighted by Gasteiger charge is -2.29. The van der Waals surface area contributed by atoms with Gasteiger partial charge in [0.2, 0.25) is 21.8 Å². The summed E-state index contributed by atoms with van der Waals surface area (Å²) in [6.45, 7) is 11.2. The SMILES string of the molecule is CC(C)n1cnc2cc(O[C@@H]3C[C@H]4C(=O)C[C@]5(C(=O)NS(=O)(=O)C6(C)CC6)C[C@@H]5/C=C\CCCCC[C@H](CC(=O)OC(C)(C)C)C(=O)N4C3)ccc21. The zero-order chi connectivity index (χ0) is 37.6. The van der Waals surface area contributed by atoms with Gasteiger partial charge in [-0.15, -0.1) is 0 Å². The van der Waals surface area contributed by atoms with E-state index in [0.717, 1.165) is 36.7 Å². The van der Waals surface area contributed by atoms with Crippen LogP contribution in [0, 0.1) is 17.3 Å². The van der Waals surface area contributed by atoms with Gasteiger partial charge in [-0.2, -0.15) is 0 Å². The van der Waals surface area contributed by atoms with E-state index >= 15 is 0 Å². The van der Waals surface area contributed by atoms with Crippen LogP contribution in [-0.2, 0) is 33.9 Å². The molecule has 2 aromatic rings. The Kier molecular flexibility index (Phi) is 10.4. The number of aromatic nitrogens is 2. The quantitative estimate of drug-likeness (QED) is 0.262. The fourth-order valence-electron chi connectivity index (χ4n) is 7.69. The molecule has 2 aliphatic carbocycles. The number of amides is 2. The van der Waals surface area contributed by atoms with Gasteiger partial charge in [-0.3, -0.25) is 23.9 Å². The molecule has 2 aliphatic heterocycles. The molecule has 6 rings (SSSR count). The van der Waals surface area contributed by atoms with Crippen LogP contribution >= 0.6 is 0 Å². The number of carbonyl (C=O) groups is 4. The van der Waals surface area contributed by atoms with E-state index in [1.165, 1.54) is 4.90 Å². The van der Waals surface area contributed by atoms with Crippen LogP contribution in [0.4, 0.5) is 0 Å². The van der Waals surface area contributed by atoms with Gasteiger partial charge in [0.15, 0.2) is 5.78 Å². The van der Waals surface area contributed by atoms with Crippen molar-refractivity contribution in [2.75, 3.05) is 6.54 Å². The Balaban J connectivity index is 1.29. The highest BCUT2D eigenvalue weighted by Crippen LogP contribution is 2.57. The number of esters is 1. The predicted octanol–water partition coefficient (Wildman–Crippen LogP) is 5.80. The molecule has 0 spiro atoms. The second-order valence-corrected chi connectivity index (χ2v) is 19.1. The van der Waals surface area contributed by atoms with Gasteiger partial charge >= 0.3 is 5.97 Å².